The van der Waals surface area contributed by atoms with Gasteiger partial charge in [-0.15, -0.1) is 0 Å². The molecule has 8 nitrogen and oxygen atoms in total. The Kier molecular flexibility index (Phi) is 5.72. The summed E-state index contributed by atoms with van der Waals surface area (Å²) in [4.78, 5) is 21.7. The highest BCUT2D eigenvalue weighted by molar-refractivity contribution is 5.74. The van der Waals surface area contributed by atoms with Crippen LogP contribution in [-0.4, -0.2) is 68.7 Å². The molecule has 0 bridgehead atoms. The zero-order valence-electron chi connectivity index (χ0n) is 18.5. The van der Waals surface area contributed by atoms with Crippen molar-refractivity contribution in [1.82, 2.24) is 4.90 Å². The van der Waals surface area contributed by atoms with E-state index in [0.29, 0.717) is 13.1 Å². The maximum atomic E-state index is 12.4. The maximum absolute atomic E-state index is 12.4. The average molecular weight is 420 g/mol. The number of hydrogen-bond acceptors (Lipinski definition) is 7. The third-order valence-electron chi connectivity index (χ3n) is 5.91. The van der Waals surface area contributed by atoms with E-state index in [1.807, 2.05) is 20.8 Å². The summed E-state index contributed by atoms with van der Waals surface area (Å²) in [5.74, 6) is 0.934. The molecule has 0 unspecified atom stereocenters. The van der Waals surface area contributed by atoms with Gasteiger partial charge in [0.05, 0.1) is 31.7 Å². The predicted molar refractivity (Wildman–Crippen MR) is 114 cm³/mol. The molecule has 2 saturated heterocycles. The lowest BCUT2D eigenvalue weighted by Gasteiger charge is -2.39. The maximum Gasteiger partial charge on any atom is 0.410 e. The van der Waals surface area contributed by atoms with E-state index in [1.165, 1.54) is 5.56 Å². The standard InChI is InChI=1S/C22H33N3O5/c1-21(2,3)30-20(26)25-7-5-22(6-8-25)15-16-13-17(23-27-4)18(14-19(16)29-22)24-9-11-28-12-10-24/h13-14,23H,5-12,15H2,1-4H3. The first-order chi connectivity index (χ1) is 14.3. The van der Waals surface area contributed by atoms with Crippen LogP contribution in [0.4, 0.5) is 16.2 Å². The number of carbonyl (C=O) groups is 1. The number of ether oxygens (including phenoxy) is 3. The molecule has 8 heteroatoms. The molecule has 0 aliphatic carbocycles. The number of morpholine rings is 1. The number of fused-ring (bicyclic) bond motifs is 1. The zero-order valence-corrected chi connectivity index (χ0v) is 18.5. The molecule has 3 aliphatic heterocycles. The molecule has 0 radical (unpaired) electrons. The van der Waals surface area contributed by atoms with Crippen LogP contribution < -0.4 is 15.1 Å². The number of amides is 1. The third-order valence-corrected chi connectivity index (χ3v) is 5.91. The summed E-state index contributed by atoms with van der Waals surface area (Å²) >= 11 is 0. The van der Waals surface area contributed by atoms with Crippen LogP contribution in [0.1, 0.15) is 39.2 Å². The summed E-state index contributed by atoms with van der Waals surface area (Å²) in [6.07, 6.45) is 2.18. The minimum atomic E-state index is -0.479. The summed E-state index contributed by atoms with van der Waals surface area (Å²) in [7, 11) is 1.63. The molecular formula is C22H33N3O5. The molecule has 0 atom stereocenters. The highest BCUT2D eigenvalue weighted by Crippen LogP contribution is 2.45. The third kappa shape index (κ3) is 4.44. The first-order valence-electron chi connectivity index (χ1n) is 10.7. The molecule has 30 heavy (non-hydrogen) atoms. The van der Waals surface area contributed by atoms with Crippen molar-refractivity contribution in [2.75, 3.05) is 56.9 Å². The first-order valence-corrected chi connectivity index (χ1v) is 10.7. The van der Waals surface area contributed by atoms with Crippen LogP contribution in [0.3, 0.4) is 0 Å². The highest BCUT2D eigenvalue weighted by Gasteiger charge is 2.44. The lowest BCUT2D eigenvalue weighted by molar-refractivity contribution is -0.00887. The smallest absolute Gasteiger partial charge is 0.410 e. The fraction of sp³-hybridized carbons (Fsp3) is 0.682. The van der Waals surface area contributed by atoms with E-state index < -0.39 is 5.60 Å². The van der Waals surface area contributed by atoms with Crippen LogP contribution in [0.25, 0.3) is 0 Å². The van der Waals surface area contributed by atoms with Crippen LogP contribution in [0, 0.1) is 0 Å². The van der Waals surface area contributed by atoms with Crippen molar-refractivity contribution in [3.8, 4) is 5.75 Å². The average Bonchev–Trinajstić information content (AvgIpc) is 3.04. The lowest BCUT2D eigenvalue weighted by Crippen LogP contribution is -2.50. The summed E-state index contributed by atoms with van der Waals surface area (Å²) < 4.78 is 17.5. The van der Waals surface area contributed by atoms with Crippen molar-refractivity contribution < 1.29 is 23.8 Å². The second-order valence-corrected chi connectivity index (χ2v) is 9.31. The van der Waals surface area contributed by atoms with Gasteiger partial charge in [-0.3, -0.25) is 10.3 Å². The SMILES string of the molecule is CONc1cc2c(cc1N1CCOCC1)OC1(CCN(C(=O)OC(C)(C)C)CC1)C2. The molecule has 3 aliphatic rings. The van der Waals surface area contributed by atoms with E-state index in [0.717, 1.165) is 62.7 Å². The van der Waals surface area contributed by atoms with Gasteiger partial charge in [-0.2, -0.15) is 0 Å². The van der Waals surface area contributed by atoms with Crippen LogP contribution in [0.2, 0.25) is 0 Å². The van der Waals surface area contributed by atoms with E-state index in [9.17, 15) is 4.79 Å². The van der Waals surface area contributed by atoms with Crippen molar-refractivity contribution >= 4 is 17.5 Å². The minimum absolute atomic E-state index is 0.242. The second kappa shape index (κ2) is 8.15. The molecule has 1 amide bonds. The number of likely N-dealkylation sites (tertiary alicyclic amines) is 1. The molecule has 4 rings (SSSR count). The van der Waals surface area contributed by atoms with E-state index in [1.54, 1.807) is 12.0 Å². The summed E-state index contributed by atoms with van der Waals surface area (Å²) in [6.45, 7) is 10.1. The Labute approximate surface area is 178 Å². The van der Waals surface area contributed by atoms with Crippen LogP contribution in [0.15, 0.2) is 12.1 Å². The lowest BCUT2D eigenvalue weighted by atomic mass is 9.87. The number of rotatable bonds is 3. The van der Waals surface area contributed by atoms with Gasteiger partial charge in [-0.25, -0.2) is 4.79 Å². The van der Waals surface area contributed by atoms with Gasteiger partial charge in [0.25, 0.3) is 0 Å². The van der Waals surface area contributed by atoms with Gasteiger partial charge in [0.15, 0.2) is 0 Å². The minimum Gasteiger partial charge on any atom is -0.486 e. The molecular weight excluding hydrogens is 386 g/mol. The number of carbonyl (C=O) groups excluding carboxylic acids is 1. The predicted octanol–water partition coefficient (Wildman–Crippen LogP) is 3.20. The van der Waals surface area contributed by atoms with Crippen molar-refractivity contribution in [3.63, 3.8) is 0 Å². The second-order valence-electron chi connectivity index (χ2n) is 9.31. The summed E-state index contributed by atoms with van der Waals surface area (Å²) in [5.41, 5.74) is 5.49. The van der Waals surface area contributed by atoms with Crippen molar-refractivity contribution in [3.05, 3.63) is 17.7 Å². The van der Waals surface area contributed by atoms with Gasteiger partial charge in [-0.1, -0.05) is 0 Å². The Morgan fingerprint density at radius 1 is 1.13 bits per heavy atom. The van der Waals surface area contributed by atoms with E-state index in [2.05, 4.69) is 22.5 Å². The summed E-state index contributed by atoms with van der Waals surface area (Å²) in [5, 5.41) is 0. The van der Waals surface area contributed by atoms with E-state index in [-0.39, 0.29) is 11.7 Å². The van der Waals surface area contributed by atoms with Gasteiger partial charge >= 0.3 is 6.09 Å². The molecule has 2 fully saturated rings. The van der Waals surface area contributed by atoms with Gasteiger partial charge in [0.2, 0.25) is 0 Å². The van der Waals surface area contributed by atoms with Crippen molar-refractivity contribution in [1.29, 1.82) is 0 Å². The topological polar surface area (TPSA) is 72.5 Å². The number of anilines is 2. The fourth-order valence-corrected chi connectivity index (χ4v) is 4.42. The number of nitrogens with zero attached hydrogens (tertiary/aromatic N) is 2. The number of hydrogen-bond donors (Lipinski definition) is 1. The largest absolute Gasteiger partial charge is 0.486 e. The molecule has 1 aromatic rings. The number of benzene rings is 1. The van der Waals surface area contributed by atoms with Gasteiger partial charge in [0, 0.05) is 57.1 Å². The molecule has 0 saturated carbocycles. The van der Waals surface area contributed by atoms with E-state index in [4.69, 9.17) is 19.0 Å². The number of piperidine rings is 1. The van der Waals surface area contributed by atoms with Crippen molar-refractivity contribution in [2.24, 2.45) is 0 Å². The van der Waals surface area contributed by atoms with Gasteiger partial charge in [-0.05, 0) is 26.8 Å². The molecule has 3 heterocycles. The van der Waals surface area contributed by atoms with Crippen LogP contribution in [-0.2, 0) is 20.7 Å². The molecule has 1 aromatic carbocycles. The molecule has 166 valence electrons. The molecule has 0 aromatic heterocycles. The number of nitrogens with one attached hydrogen (secondary N) is 1. The van der Waals surface area contributed by atoms with Gasteiger partial charge < -0.3 is 24.0 Å². The zero-order chi connectivity index (χ0) is 21.4. The fourth-order valence-electron chi connectivity index (χ4n) is 4.42. The summed E-state index contributed by atoms with van der Waals surface area (Å²) in [6, 6.07) is 4.26. The monoisotopic (exact) mass is 419 g/mol. The van der Waals surface area contributed by atoms with Crippen LogP contribution in [0.5, 0.6) is 5.75 Å². The van der Waals surface area contributed by atoms with Crippen molar-refractivity contribution in [2.45, 2.75) is 51.2 Å². The Morgan fingerprint density at radius 2 is 1.83 bits per heavy atom. The highest BCUT2D eigenvalue weighted by atomic mass is 16.6. The first kappa shape index (κ1) is 21.1. The molecule has 1 spiro atoms. The van der Waals surface area contributed by atoms with Crippen LogP contribution >= 0.6 is 0 Å². The Hall–Kier alpha value is -2.19. The van der Waals surface area contributed by atoms with Gasteiger partial charge in [0.1, 0.15) is 17.0 Å². The normalized spacial score (nSPS) is 20.7. The Morgan fingerprint density at radius 3 is 2.47 bits per heavy atom. The quantitative estimate of drug-likeness (QED) is 0.755. The van der Waals surface area contributed by atoms with E-state index >= 15 is 0 Å². The Bertz CT molecular complexity index is 778. The Balaban J connectivity index is 1.47. The molecule has 1 N–H and O–H groups in total.